The summed E-state index contributed by atoms with van der Waals surface area (Å²) in [6.07, 6.45) is 0.635. The van der Waals surface area contributed by atoms with E-state index >= 15 is 0 Å². The Hall–Kier alpha value is -2.66. The second-order valence-electron chi connectivity index (χ2n) is 8.43. The molecule has 1 heterocycles. The van der Waals surface area contributed by atoms with Gasteiger partial charge in [0.1, 0.15) is 12.4 Å². The van der Waals surface area contributed by atoms with Gasteiger partial charge in [0.15, 0.2) is 0 Å². The molecule has 1 aliphatic heterocycles. The van der Waals surface area contributed by atoms with Gasteiger partial charge < -0.3 is 14.9 Å². The number of hydrogen-bond donors (Lipinski definition) is 2. The van der Waals surface area contributed by atoms with E-state index in [0.717, 1.165) is 29.8 Å². The number of piperidine rings is 1. The third-order valence-electron chi connectivity index (χ3n) is 6.44. The Bertz CT molecular complexity index is 952. The number of aliphatic hydroxyl groups is 2. The fraction of sp³-hybridized carbons (Fsp3) is 0.333. The second kappa shape index (κ2) is 9.65. The first kappa shape index (κ1) is 21.6. The van der Waals surface area contributed by atoms with E-state index in [1.807, 2.05) is 91.9 Å². The zero-order chi connectivity index (χ0) is 21.7. The van der Waals surface area contributed by atoms with Crippen molar-refractivity contribution in [3.8, 4) is 5.75 Å². The van der Waals surface area contributed by atoms with E-state index in [1.54, 1.807) is 0 Å². The largest absolute Gasteiger partial charge is 0.489 e. The smallest absolute Gasteiger partial charge is 0.125 e. The molecule has 0 amide bonds. The van der Waals surface area contributed by atoms with Crippen LogP contribution in [-0.2, 0) is 12.2 Å². The van der Waals surface area contributed by atoms with Gasteiger partial charge in [0.05, 0.1) is 11.7 Å². The zero-order valence-corrected chi connectivity index (χ0v) is 18.0. The van der Waals surface area contributed by atoms with Gasteiger partial charge in [0, 0.05) is 24.7 Å². The quantitative estimate of drug-likeness (QED) is 0.587. The van der Waals surface area contributed by atoms with Crippen LogP contribution in [-0.4, -0.2) is 34.2 Å². The van der Waals surface area contributed by atoms with E-state index in [-0.39, 0.29) is 6.04 Å². The summed E-state index contributed by atoms with van der Waals surface area (Å²) in [6.45, 7) is 3.98. The summed E-state index contributed by atoms with van der Waals surface area (Å²) >= 11 is 0. The maximum atomic E-state index is 11.2. The molecule has 31 heavy (non-hydrogen) atoms. The summed E-state index contributed by atoms with van der Waals surface area (Å²) in [4.78, 5) is 2.26. The first-order valence-electron chi connectivity index (χ1n) is 11.0. The van der Waals surface area contributed by atoms with Gasteiger partial charge in [-0.15, -0.1) is 0 Å². The number of aliphatic hydroxyl groups excluding tert-OH is 1. The Morgan fingerprint density at radius 1 is 0.871 bits per heavy atom. The van der Waals surface area contributed by atoms with Crippen molar-refractivity contribution < 1.29 is 14.9 Å². The topological polar surface area (TPSA) is 52.9 Å². The predicted molar refractivity (Wildman–Crippen MR) is 123 cm³/mol. The SMILES string of the molecule is C[C@@H]([C@@H](O)c1ccccc1OCc1ccccc1)N1CCC(O)(c2ccccc2)CC1. The molecule has 1 aliphatic rings. The average molecular weight is 418 g/mol. The molecule has 2 N–H and O–H groups in total. The van der Waals surface area contributed by atoms with Gasteiger partial charge in [-0.2, -0.15) is 0 Å². The molecule has 0 aromatic heterocycles. The lowest BCUT2D eigenvalue weighted by Crippen LogP contribution is -2.47. The summed E-state index contributed by atoms with van der Waals surface area (Å²) in [7, 11) is 0. The summed E-state index contributed by atoms with van der Waals surface area (Å²) in [5.74, 6) is 0.712. The number of hydrogen-bond acceptors (Lipinski definition) is 4. The van der Waals surface area contributed by atoms with Crippen molar-refractivity contribution in [1.82, 2.24) is 4.90 Å². The van der Waals surface area contributed by atoms with Crippen molar-refractivity contribution in [2.75, 3.05) is 13.1 Å². The third kappa shape index (κ3) is 4.99. The number of ether oxygens (including phenoxy) is 1. The molecule has 0 unspecified atom stereocenters. The minimum absolute atomic E-state index is 0.0817. The Kier molecular flexibility index (Phi) is 6.71. The maximum absolute atomic E-state index is 11.2. The molecule has 162 valence electrons. The number of rotatable bonds is 7. The number of nitrogens with zero attached hydrogens (tertiary/aromatic N) is 1. The van der Waals surface area contributed by atoms with Crippen molar-refractivity contribution in [2.45, 2.75) is 44.1 Å². The van der Waals surface area contributed by atoms with Crippen molar-refractivity contribution >= 4 is 0 Å². The van der Waals surface area contributed by atoms with Crippen molar-refractivity contribution in [2.24, 2.45) is 0 Å². The highest BCUT2D eigenvalue weighted by Gasteiger charge is 2.36. The molecule has 1 saturated heterocycles. The molecule has 2 atom stereocenters. The van der Waals surface area contributed by atoms with Crippen LogP contribution < -0.4 is 4.74 Å². The molecule has 0 aliphatic carbocycles. The van der Waals surface area contributed by atoms with Gasteiger partial charge in [0.25, 0.3) is 0 Å². The lowest BCUT2D eigenvalue weighted by Gasteiger charge is -2.42. The highest BCUT2D eigenvalue weighted by Crippen LogP contribution is 2.36. The standard InChI is InChI=1S/C27H31NO3/c1-21(28-18-16-27(30,17-19-28)23-12-6-3-7-13-23)26(29)24-14-8-9-15-25(24)31-20-22-10-4-2-5-11-22/h2-15,21,26,29-30H,16-20H2,1H3/t21-,26+/m0/s1. The minimum atomic E-state index is -0.793. The summed E-state index contributed by atoms with van der Waals surface area (Å²) in [6, 6.07) is 27.6. The van der Waals surface area contributed by atoms with E-state index in [0.29, 0.717) is 25.2 Å². The van der Waals surface area contributed by atoms with E-state index in [4.69, 9.17) is 4.74 Å². The fourth-order valence-corrected chi connectivity index (χ4v) is 4.39. The van der Waals surface area contributed by atoms with E-state index < -0.39 is 11.7 Å². The highest BCUT2D eigenvalue weighted by atomic mass is 16.5. The molecule has 1 fully saturated rings. The van der Waals surface area contributed by atoms with Crippen LogP contribution in [0.3, 0.4) is 0 Å². The predicted octanol–water partition coefficient (Wildman–Crippen LogP) is 4.67. The normalized spacial score (nSPS) is 18.3. The van der Waals surface area contributed by atoms with Crippen LogP contribution in [0.1, 0.15) is 42.6 Å². The van der Waals surface area contributed by atoms with Gasteiger partial charge in [-0.25, -0.2) is 0 Å². The van der Waals surface area contributed by atoms with Crippen LogP contribution in [0.25, 0.3) is 0 Å². The highest BCUT2D eigenvalue weighted by molar-refractivity contribution is 5.36. The van der Waals surface area contributed by atoms with E-state index in [1.165, 1.54) is 0 Å². The molecule has 0 spiro atoms. The Morgan fingerprint density at radius 3 is 2.13 bits per heavy atom. The first-order valence-corrected chi connectivity index (χ1v) is 11.0. The molecular weight excluding hydrogens is 386 g/mol. The minimum Gasteiger partial charge on any atom is -0.489 e. The first-order chi connectivity index (χ1) is 15.1. The lowest BCUT2D eigenvalue weighted by atomic mass is 9.83. The number of para-hydroxylation sites is 1. The molecule has 0 bridgehead atoms. The molecular formula is C27H31NO3. The van der Waals surface area contributed by atoms with Crippen molar-refractivity contribution in [3.63, 3.8) is 0 Å². The summed E-state index contributed by atoms with van der Waals surface area (Å²) in [5, 5.41) is 22.3. The summed E-state index contributed by atoms with van der Waals surface area (Å²) < 4.78 is 6.05. The second-order valence-corrected chi connectivity index (χ2v) is 8.43. The third-order valence-corrected chi connectivity index (χ3v) is 6.44. The molecule has 0 saturated carbocycles. The van der Waals surface area contributed by atoms with Gasteiger partial charge in [0.2, 0.25) is 0 Å². The molecule has 3 aromatic rings. The van der Waals surface area contributed by atoms with Crippen molar-refractivity contribution in [3.05, 3.63) is 102 Å². The zero-order valence-electron chi connectivity index (χ0n) is 18.0. The van der Waals surface area contributed by atoms with Crippen molar-refractivity contribution in [1.29, 1.82) is 0 Å². The van der Waals surface area contributed by atoms with Crippen LogP contribution in [0.2, 0.25) is 0 Å². The van der Waals surface area contributed by atoms with Crippen LogP contribution in [0.4, 0.5) is 0 Å². The maximum Gasteiger partial charge on any atom is 0.125 e. The Balaban J connectivity index is 1.41. The van der Waals surface area contributed by atoms with Crippen LogP contribution in [0.15, 0.2) is 84.9 Å². The summed E-state index contributed by atoms with van der Waals surface area (Å²) in [5.41, 5.74) is 2.08. The number of likely N-dealkylation sites (tertiary alicyclic amines) is 1. The molecule has 4 rings (SSSR count). The molecule has 4 nitrogen and oxygen atoms in total. The number of benzene rings is 3. The van der Waals surface area contributed by atoms with Gasteiger partial charge in [-0.05, 0) is 37.0 Å². The molecule has 0 radical (unpaired) electrons. The van der Waals surface area contributed by atoms with E-state index in [9.17, 15) is 10.2 Å². The fourth-order valence-electron chi connectivity index (χ4n) is 4.39. The van der Waals surface area contributed by atoms with Gasteiger partial charge in [-0.1, -0.05) is 78.9 Å². The molecule has 4 heteroatoms. The average Bonchev–Trinajstić information content (AvgIpc) is 2.84. The lowest BCUT2D eigenvalue weighted by molar-refractivity contribution is -0.0504. The van der Waals surface area contributed by atoms with Crippen LogP contribution in [0.5, 0.6) is 5.75 Å². The van der Waals surface area contributed by atoms with Crippen LogP contribution in [0, 0.1) is 0 Å². The van der Waals surface area contributed by atoms with Gasteiger partial charge in [-0.3, -0.25) is 4.90 Å². The van der Waals surface area contributed by atoms with E-state index in [2.05, 4.69) is 4.90 Å². The molecule has 3 aromatic carbocycles. The van der Waals surface area contributed by atoms with Gasteiger partial charge >= 0.3 is 0 Å². The Labute approximate surface area is 184 Å². The monoisotopic (exact) mass is 417 g/mol. The van der Waals surface area contributed by atoms with Crippen LogP contribution >= 0.6 is 0 Å². The Morgan fingerprint density at radius 2 is 1.45 bits per heavy atom.